The van der Waals surface area contributed by atoms with Gasteiger partial charge in [0.15, 0.2) is 0 Å². The van der Waals surface area contributed by atoms with E-state index >= 15 is 0 Å². The van der Waals surface area contributed by atoms with Crippen molar-refractivity contribution in [2.24, 2.45) is 0 Å². The van der Waals surface area contributed by atoms with E-state index in [1.807, 2.05) is 0 Å². The Morgan fingerprint density at radius 3 is 2.13 bits per heavy atom. The Labute approximate surface area is 140 Å². The summed E-state index contributed by atoms with van der Waals surface area (Å²) in [6, 6.07) is 10.6. The number of sulfonamides is 1. The van der Waals surface area contributed by atoms with Gasteiger partial charge in [0.05, 0.1) is 10.5 Å². The van der Waals surface area contributed by atoms with Crippen LogP contribution in [0.15, 0.2) is 57.9 Å². The molecule has 124 valence electrons. The zero-order valence-corrected chi connectivity index (χ0v) is 14.4. The van der Waals surface area contributed by atoms with E-state index in [9.17, 15) is 21.6 Å². The van der Waals surface area contributed by atoms with Crippen LogP contribution in [0, 0.1) is 0 Å². The van der Waals surface area contributed by atoms with Crippen LogP contribution in [0.2, 0.25) is 0 Å². The van der Waals surface area contributed by atoms with Crippen molar-refractivity contribution in [2.45, 2.75) is 17.6 Å². The molecule has 0 bridgehead atoms. The molecule has 3 nitrogen and oxygen atoms in total. The fraction of sp³-hybridized carbons (Fsp3) is 0.200. The molecule has 2 aromatic rings. The van der Waals surface area contributed by atoms with Gasteiger partial charge in [0.1, 0.15) is 0 Å². The quantitative estimate of drug-likeness (QED) is 0.757. The van der Waals surface area contributed by atoms with Crippen LogP contribution in [-0.4, -0.2) is 19.8 Å². The molecule has 23 heavy (non-hydrogen) atoms. The van der Waals surface area contributed by atoms with Gasteiger partial charge in [-0.05, 0) is 35.9 Å². The zero-order chi connectivity index (χ0) is 17.3. The predicted octanol–water partition coefficient (Wildman–Crippen LogP) is 4.29. The maximum absolute atomic E-state index is 12.5. The number of nitrogens with zero attached hydrogens (tertiary/aromatic N) is 1. The van der Waals surface area contributed by atoms with Gasteiger partial charge < -0.3 is 0 Å². The van der Waals surface area contributed by atoms with Crippen molar-refractivity contribution in [3.05, 3.63) is 64.1 Å². The van der Waals surface area contributed by atoms with Gasteiger partial charge in [0.2, 0.25) is 10.0 Å². The molecule has 0 atom stereocenters. The minimum absolute atomic E-state index is 0.102. The summed E-state index contributed by atoms with van der Waals surface area (Å²) in [5.41, 5.74) is -0.129. The Bertz CT molecular complexity index is 789. The van der Waals surface area contributed by atoms with Gasteiger partial charge in [-0.25, -0.2) is 8.42 Å². The van der Waals surface area contributed by atoms with Crippen LogP contribution in [0.3, 0.4) is 0 Å². The molecule has 0 aliphatic heterocycles. The van der Waals surface area contributed by atoms with E-state index in [-0.39, 0.29) is 11.4 Å². The molecule has 0 heterocycles. The van der Waals surface area contributed by atoms with Gasteiger partial charge >= 0.3 is 6.18 Å². The molecule has 0 aliphatic carbocycles. The van der Waals surface area contributed by atoms with Gasteiger partial charge in [-0.1, -0.05) is 34.1 Å². The molecular weight excluding hydrogens is 395 g/mol. The van der Waals surface area contributed by atoms with Crippen molar-refractivity contribution >= 4 is 26.0 Å². The van der Waals surface area contributed by atoms with Crippen molar-refractivity contribution in [2.75, 3.05) is 7.05 Å². The Balaban J connectivity index is 2.25. The second-order valence-corrected chi connectivity index (χ2v) is 7.77. The first-order chi connectivity index (χ1) is 10.6. The highest BCUT2D eigenvalue weighted by Gasteiger charge is 2.31. The summed E-state index contributed by atoms with van der Waals surface area (Å²) in [7, 11) is -2.49. The molecule has 0 radical (unpaired) electrons. The van der Waals surface area contributed by atoms with Gasteiger partial charge in [-0.3, -0.25) is 0 Å². The van der Waals surface area contributed by atoms with Crippen molar-refractivity contribution < 1.29 is 21.6 Å². The summed E-state index contributed by atoms with van der Waals surface area (Å²) in [6.07, 6.45) is -4.50. The monoisotopic (exact) mass is 407 g/mol. The normalized spacial score (nSPS) is 12.6. The fourth-order valence-corrected chi connectivity index (χ4v) is 3.51. The SMILES string of the molecule is CN(Cc1ccccc1Br)S(=O)(=O)c1ccc(C(F)(F)F)cc1. The van der Waals surface area contributed by atoms with E-state index in [0.717, 1.165) is 38.6 Å². The smallest absolute Gasteiger partial charge is 0.207 e. The van der Waals surface area contributed by atoms with Gasteiger partial charge in [-0.2, -0.15) is 17.5 Å². The second kappa shape index (κ2) is 6.62. The van der Waals surface area contributed by atoms with Gasteiger partial charge in [0.25, 0.3) is 0 Å². The molecule has 0 saturated carbocycles. The summed E-state index contributed by atoms with van der Waals surface area (Å²) < 4.78 is 64.4. The molecule has 0 N–H and O–H groups in total. The molecule has 0 saturated heterocycles. The number of hydrogen-bond donors (Lipinski definition) is 0. The minimum atomic E-state index is -4.50. The molecule has 0 fully saturated rings. The highest BCUT2D eigenvalue weighted by Crippen LogP contribution is 2.30. The number of halogens is 4. The Kier molecular flexibility index (Phi) is 5.17. The standard InChI is InChI=1S/C15H13BrF3NO2S/c1-20(10-11-4-2-3-5-14(11)16)23(21,22)13-8-6-12(7-9-13)15(17,18)19/h2-9H,10H2,1H3. The second-order valence-electron chi connectivity index (χ2n) is 4.87. The average molecular weight is 408 g/mol. The predicted molar refractivity (Wildman–Crippen MR) is 84.2 cm³/mol. The van der Waals surface area contributed by atoms with E-state index in [4.69, 9.17) is 0 Å². The Morgan fingerprint density at radius 1 is 1.04 bits per heavy atom. The minimum Gasteiger partial charge on any atom is -0.207 e. The lowest BCUT2D eigenvalue weighted by Gasteiger charge is -2.18. The molecule has 0 unspecified atom stereocenters. The van der Waals surface area contributed by atoms with Crippen molar-refractivity contribution in [1.82, 2.24) is 4.31 Å². The molecule has 2 aromatic carbocycles. The molecule has 0 amide bonds. The molecular formula is C15H13BrF3NO2S. The summed E-state index contributed by atoms with van der Waals surface area (Å²) >= 11 is 3.33. The van der Waals surface area contributed by atoms with Crippen molar-refractivity contribution in [1.29, 1.82) is 0 Å². The first kappa shape index (κ1) is 18.0. The lowest BCUT2D eigenvalue weighted by atomic mass is 10.2. The topological polar surface area (TPSA) is 37.4 Å². The zero-order valence-electron chi connectivity index (χ0n) is 12.0. The summed E-state index contributed by atoms with van der Waals surface area (Å²) in [4.78, 5) is -0.181. The highest BCUT2D eigenvalue weighted by atomic mass is 79.9. The maximum atomic E-state index is 12.5. The van der Waals surface area contributed by atoms with Crippen LogP contribution in [0.25, 0.3) is 0 Å². The van der Waals surface area contributed by atoms with Crippen molar-refractivity contribution in [3.63, 3.8) is 0 Å². The van der Waals surface area contributed by atoms with E-state index < -0.39 is 21.8 Å². The summed E-state index contributed by atoms with van der Waals surface area (Å²) in [5.74, 6) is 0. The van der Waals surface area contributed by atoms with E-state index in [2.05, 4.69) is 15.9 Å². The lowest BCUT2D eigenvalue weighted by molar-refractivity contribution is -0.137. The number of alkyl halides is 3. The largest absolute Gasteiger partial charge is 0.416 e. The van der Waals surface area contributed by atoms with Crippen LogP contribution >= 0.6 is 15.9 Å². The number of benzene rings is 2. The summed E-state index contributed by atoms with van der Waals surface area (Å²) in [6.45, 7) is 0.102. The first-order valence-corrected chi connectivity index (χ1v) is 8.72. The molecule has 0 aliphatic rings. The first-order valence-electron chi connectivity index (χ1n) is 6.49. The van der Waals surface area contributed by atoms with E-state index in [1.54, 1.807) is 24.3 Å². The van der Waals surface area contributed by atoms with Crippen LogP contribution < -0.4 is 0 Å². The lowest BCUT2D eigenvalue weighted by Crippen LogP contribution is -2.26. The summed E-state index contributed by atoms with van der Waals surface area (Å²) in [5, 5.41) is 0. The average Bonchev–Trinajstić information content (AvgIpc) is 2.48. The van der Waals surface area contributed by atoms with Crippen LogP contribution in [0.1, 0.15) is 11.1 Å². The highest BCUT2D eigenvalue weighted by molar-refractivity contribution is 9.10. The third-order valence-electron chi connectivity index (χ3n) is 3.24. The van der Waals surface area contributed by atoms with E-state index in [1.165, 1.54) is 7.05 Å². The number of rotatable bonds is 4. The molecule has 8 heteroatoms. The van der Waals surface area contributed by atoms with Gasteiger partial charge in [-0.15, -0.1) is 0 Å². The van der Waals surface area contributed by atoms with Gasteiger partial charge in [0, 0.05) is 18.1 Å². The third-order valence-corrected chi connectivity index (χ3v) is 5.83. The maximum Gasteiger partial charge on any atom is 0.416 e. The Morgan fingerprint density at radius 2 is 1.61 bits per heavy atom. The molecule has 0 spiro atoms. The third kappa shape index (κ3) is 4.13. The van der Waals surface area contributed by atoms with Crippen LogP contribution in [-0.2, 0) is 22.7 Å². The molecule has 0 aromatic heterocycles. The van der Waals surface area contributed by atoms with E-state index in [0.29, 0.717) is 0 Å². The fourth-order valence-electron chi connectivity index (χ4n) is 1.95. The number of hydrogen-bond acceptors (Lipinski definition) is 2. The molecule has 2 rings (SSSR count). The Hall–Kier alpha value is -1.38. The van der Waals surface area contributed by atoms with Crippen molar-refractivity contribution in [3.8, 4) is 0 Å². The van der Waals surface area contributed by atoms with Crippen LogP contribution in [0.4, 0.5) is 13.2 Å². The van der Waals surface area contributed by atoms with Crippen LogP contribution in [0.5, 0.6) is 0 Å².